The maximum atomic E-state index is 13.2. The minimum Gasteiger partial charge on any atom is -0.383 e. The van der Waals surface area contributed by atoms with Crippen molar-refractivity contribution < 1.29 is 13.2 Å². The Bertz CT molecular complexity index is 1360. The van der Waals surface area contributed by atoms with E-state index in [4.69, 9.17) is 16.9 Å². The number of benzene rings is 2. The number of nitrogens with one attached hydrogen (secondary N) is 1. The van der Waals surface area contributed by atoms with Gasteiger partial charge in [0.15, 0.2) is 17.4 Å². The van der Waals surface area contributed by atoms with E-state index in [1.54, 1.807) is 38.1 Å². The van der Waals surface area contributed by atoms with Gasteiger partial charge in [-0.3, -0.25) is 10.4 Å². The molecule has 38 heavy (non-hydrogen) atoms. The standard InChI is InChI=1S/C27H31F3N8/c1-16(2)20-7-5-6-8-21(20)23(32)37-25(24(33)35-15-31)34-13-18-9-11-19(12-10-18)26-36-22(27(28,29)30)14-38(26)17(3)4/h5-12,14-17H,13H2,1-4H3,(H3,31,33,35)(H2,32,34,37). The van der Waals surface area contributed by atoms with Crippen molar-refractivity contribution >= 4 is 23.8 Å². The smallest absolute Gasteiger partial charge is 0.383 e. The van der Waals surface area contributed by atoms with Gasteiger partial charge in [-0.15, -0.1) is 0 Å². The SMILES string of the molecule is CC(C)c1ccccc1C(N)=NC(=NCc1ccc(-c2nc(C(F)(F)F)cn2C(C)C)cc1)C(N)=NC=N. The molecule has 0 radical (unpaired) electrons. The van der Waals surface area contributed by atoms with Gasteiger partial charge in [0.1, 0.15) is 18.0 Å². The molecule has 11 heteroatoms. The molecule has 0 aliphatic heterocycles. The second-order valence-electron chi connectivity index (χ2n) is 9.17. The van der Waals surface area contributed by atoms with Crippen molar-refractivity contribution in [1.29, 1.82) is 5.41 Å². The van der Waals surface area contributed by atoms with Crippen LogP contribution in [0.1, 0.15) is 62.0 Å². The van der Waals surface area contributed by atoms with Crippen LogP contribution in [0.5, 0.6) is 0 Å². The molecule has 200 valence electrons. The Hall–Kier alpha value is -4.28. The van der Waals surface area contributed by atoms with Gasteiger partial charge in [0.05, 0.1) is 6.54 Å². The second kappa shape index (κ2) is 11.8. The van der Waals surface area contributed by atoms with Crippen molar-refractivity contribution in [3.8, 4) is 11.4 Å². The largest absolute Gasteiger partial charge is 0.434 e. The van der Waals surface area contributed by atoms with Gasteiger partial charge >= 0.3 is 6.18 Å². The molecule has 0 spiro atoms. The molecule has 0 bridgehead atoms. The Morgan fingerprint density at radius 1 is 1.05 bits per heavy atom. The molecule has 0 unspecified atom stereocenters. The summed E-state index contributed by atoms with van der Waals surface area (Å²) in [5, 5.41) is 7.25. The molecule has 1 heterocycles. The molecule has 3 aromatic rings. The van der Waals surface area contributed by atoms with Crippen LogP contribution in [0, 0.1) is 5.41 Å². The summed E-state index contributed by atoms with van der Waals surface area (Å²) in [5.74, 6) is 0.656. The highest BCUT2D eigenvalue weighted by molar-refractivity contribution is 6.43. The molecular weight excluding hydrogens is 493 g/mol. The molecule has 0 saturated heterocycles. The number of halogens is 3. The Kier molecular flexibility index (Phi) is 8.82. The Balaban J connectivity index is 1.92. The predicted molar refractivity (Wildman–Crippen MR) is 146 cm³/mol. The number of hydrogen-bond acceptors (Lipinski definition) is 3. The van der Waals surface area contributed by atoms with Crippen molar-refractivity contribution in [2.24, 2.45) is 26.4 Å². The topological polar surface area (TPSA) is 131 Å². The molecule has 5 N–H and O–H groups in total. The van der Waals surface area contributed by atoms with E-state index in [9.17, 15) is 13.2 Å². The van der Waals surface area contributed by atoms with Crippen molar-refractivity contribution in [2.75, 3.05) is 0 Å². The number of aliphatic imine (C=N–C) groups is 3. The zero-order valence-corrected chi connectivity index (χ0v) is 21.7. The molecule has 0 fully saturated rings. The lowest BCUT2D eigenvalue weighted by molar-refractivity contribution is -0.140. The Morgan fingerprint density at radius 3 is 2.29 bits per heavy atom. The zero-order valence-electron chi connectivity index (χ0n) is 21.7. The number of aromatic nitrogens is 2. The van der Waals surface area contributed by atoms with Gasteiger partial charge in [-0.2, -0.15) is 13.2 Å². The summed E-state index contributed by atoms with van der Waals surface area (Å²) in [4.78, 5) is 16.5. The highest BCUT2D eigenvalue weighted by atomic mass is 19.4. The first kappa shape index (κ1) is 28.3. The first-order valence-electron chi connectivity index (χ1n) is 12.0. The Labute approximate surface area is 219 Å². The van der Waals surface area contributed by atoms with Gasteiger partial charge in [-0.1, -0.05) is 62.4 Å². The lowest BCUT2D eigenvalue weighted by Gasteiger charge is -2.12. The van der Waals surface area contributed by atoms with Crippen LogP contribution in [0.3, 0.4) is 0 Å². The van der Waals surface area contributed by atoms with E-state index in [2.05, 4.69) is 20.0 Å². The number of alkyl halides is 3. The van der Waals surface area contributed by atoms with Crippen molar-refractivity contribution in [3.63, 3.8) is 0 Å². The van der Waals surface area contributed by atoms with E-state index in [1.807, 2.05) is 38.1 Å². The van der Waals surface area contributed by atoms with E-state index >= 15 is 0 Å². The fourth-order valence-corrected chi connectivity index (χ4v) is 3.77. The van der Waals surface area contributed by atoms with Gasteiger partial charge in [-0.25, -0.2) is 15.0 Å². The number of rotatable bonds is 7. The van der Waals surface area contributed by atoms with Crippen LogP contribution in [-0.4, -0.2) is 33.4 Å². The minimum atomic E-state index is -4.53. The number of nitrogens with zero attached hydrogens (tertiary/aromatic N) is 5. The number of amidine groups is 3. The molecule has 3 rings (SSSR count). The Morgan fingerprint density at radius 2 is 1.71 bits per heavy atom. The molecule has 2 aromatic carbocycles. The van der Waals surface area contributed by atoms with Gasteiger partial charge in [0.25, 0.3) is 0 Å². The van der Waals surface area contributed by atoms with Crippen molar-refractivity contribution in [2.45, 2.75) is 52.4 Å². The zero-order chi connectivity index (χ0) is 28.0. The third-order valence-electron chi connectivity index (χ3n) is 5.72. The molecule has 0 aliphatic rings. The van der Waals surface area contributed by atoms with Crippen LogP contribution in [-0.2, 0) is 12.7 Å². The summed E-state index contributed by atoms with van der Waals surface area (Å²) in [5.41, 5.74) is 14.4. The normalized spacial score (nSPS) is 13.4. The monoisotopic (exact) mass is 524 g/mol. The van der Waals surface area contributed by atoms with Crippen LogP contribution in [0.4, 0.5) is 13.2 Å². The van der Waals surface area contributed by atoms with Crippen LogP contribution in [0.25, 0.3) is 11.4 Å². The maximum Gasteiger partial charge on any atom is 0.434 e. The number of nitrogens with two attached hydrogens (primary N) is 2. The van der Waals surface area contributed by atoms with E-state index in [0.29, 0.717) is 5.56 Å². The summed E-state index contributed by atoms with van der Waals surface area (Å²) in [6.45, 7) is 7.84. The molecule has 0 atom stereocenters. The molecule has 8 nitrogen and oxygen atoms in total. The summed E-state index contributed by atoms with van der Waals surface area (Å²) >= 11 is 0. The van der Waals surface area contributed by atoms with E-state index in [-0.39, 0.29) is 41.8 Å². The van der Waals surface area contributed by atoms with Gasteiger partial charge in [0.2, 0.25) is 0 Å². The first-order chi connectivity index (χ1) is 17.9. The maximum absolute atomic E-state index is 13.2. The van der Waals surface area contributed by atoms with E-state index in [1.165, 1.54) is 4.57 Å². The van der Waals surface area contributed by atoms with Crippen LogP contribution < -0.4 is 11.5 Å². The van der Waals surface area contributed by atoms with Crippen molar-refractivity contribution in [1.82, 2.24) is 9.55 Å². The van der Waals surface area contributed by atoms with E-state index in [0.717, 1.165) is 29.2 Å². The second-order valence-corrected chi connectivity index (χ2v) is 9.17. The number of imidazole rings is 1. The lowest BCUT2D eigenvalue weighted by Crippen LogP contribution is -2.27. The molecule has 0 aliphatic carbocycles. The highest BCUT2D eigenvalue weighted by Gasteiger charge is 2.35. The first-order valence-corrected chi connectivity index (χ1v) is 12.0. The average Bonchev–Trinajstić information content (AvgIpc) is 3.33. The van der Waals surface area contributed by atoms with E-state index < -0.39 is 11.9 Å². The molecule has 0 saturated carbocycles. The predicted octanol–water partition coefficient (Wildman–Crippen LogP) is 5.54. The minimum absolute atomic E-state index is 0.0683. The van der Waals surface area contributed by atoms with Crippen LogP contribution in [0.15, 0.2) is 69.7 Å². The molecule has 1 aromatic heterocycles. The fourth-order valence-electron chi connectivity index (χ4n) is 3.77. The lowest BCUT2D eigenvalue weighted by atomic mass is 9.97. The third kappa shape index (κ3) is 6.72. The molecule has 0 amide bonds. The summed E-state index contributed by atoms with van der Waals surface area (Å²) in [6, 6.07) is 14.3. The fraction of sp³-hybridized carbons (Fsp3) is 0.296. The quantitative estimate of drug-likeness (QED) is 0.277. The van der Waals surface area contributed by atoms with Gasteiger partial charge in [-0.05, 0) is 30.9 Å². The average molecular weight is 525 g/mol. The van der Waals surface area contributed by atoms with Gasteiger partial charge in [0, 0.05) is 23.4 Å². The number of hydrogen-bond donors (Lipinski definition) is 3. The third-order valence-corrected chi connectivity index (χ3v) is 5.72. The summed E-state index contributed by atoms with van der Waals surface area (Å²) < 4.78 is 41.2. The highest BCUT2D eigenvalue weighted by Crippen LogP contribution is 2.32. The molecular formula is C27H31F3N8. The van der Waals surface area contributed by atoms with Crippen LogP contribution in [0.2, 0.25) is 0 Å². The van der Waals surface area contributed by atoms with Gasteiger partial charge < -0.3 is 16.0 Å². The van der Waals surface area contributed by atoms with Crippen LogP contribution >= 0.6 is 0 Å². The van der Waals surface area contributed by atoms with Crippen molar-refractivity contribution in [3.05, 3.63) is 77.1 Å². The summed E-state index contributed by atoms with van der Waals surface area (Å²) in [7, 11) is 0. The summed E-state index contributed by atoms with van der Waals surface area (Å²) in [6.07, 6.45) is -2.72.